The first-order valence-corrected chi connectivity index (χ1v) is 10.2. The van der Waals surface area contributed by atoms with Crippen LogP contribution in [0.5, 0.6) is 0 Å². The molecule has 2 aromatic heterocycles. The first-order chi connectivity index (χ1) is 13.1. The van der Waals surface area contributed by atoms with Gasteiger partial charge >= 0.3 is 0 Å². The highest BCUT2D eigenvalue weighted by atomic mass is 32.1. The number of hydrogen-bond acceptors (Lipinski definition) is 4. The number of aromatic amines is 1. The van der Waals surface area contributed by atoms with Gasteiger partial charge in [0.05, 0.1) is 15.9 Å². The van der Waals surface area contributed by atoms with Gasteiger partial charge in [0.25, 0.3) is 0 Å². The molecule has 0 bridgehead atoms. The summed E-state index contributed by atoms with van der Waals surface area (Å²) >= 11 is 1.50. The van der Waals surface area contributed by atoms with Crippen LogP contribution in [-0.4, -0.2) is 39.6 Å². The Morgan fingerprint density at radius 3 is 2.63 bits per heavy atom. The summed E-state index contributed by atoms with van der Waals surface area (Å²) < 4.78 is 0. The number of hydrogen-bond donors (Lipinski definition) is 1. The van der Waals surface area contributed by atoms with Crippen molar-refractivity contribution in [2.45, 2.75) is 38.5 Å². The third-order valence-electron chi connectivity index (χ3n) is 5.22. The van der Waals surface area contributed by atoms with Gasteiger partial charge in [-0.2, -0.15) is 0 Å². The summed E-state index contributed by atoms with van der Waals surface area (Å²) in [6.45, 7) is 3.44. The van der Waals surface area contributed by atoms with Crippen LogP contribution < -0.4 is 0 Å². The van der Waals surface area contributed by atoms with Gasteiger partial charge in [-0.05, 0) is 44.0 Å². The van der Waals surface area contributed by atoms with E-state index in [1.807, 2.05) is 48.2 Å². The summed E-state index contributed by atoms with van der Waals surface area (Å²) in [5, 5.41) is 0. The van der Waals surface area contributed by atoms with Gasteiger partial charge in [0, 0.05) is 36.7 Å². The lowest BCUT2D eigenvalue weighted by Gasteiger charge is -2.31. The molecule has 5 nitrogen and oxygen atoms in total. The number of H-pyrrole nitrogens is 1. The van der Waals surface area contributed by atoms with Gasteiger partial charge in [-0.1, -0.05) is 12.1 Å². The molecule has 1 aliphatic rings. The number of piperidine rings is 1. The Labute approximate surface area is 162 Å². The molecular formula is C21H23N3O2S. The summed E-state index contributed by atoms with van der Waals surface area (Å²) in [6.07, 6.45) is 2.40. The topological polar surface area (TPSA) is 66.1 Å². The van der Waals surface area contributed by atoms with E-state index < -0.39 is 0 Å². The monoisotopic (exact) mass is 381 g/mol. The van der Waals surface area contributed by atoms with Gasteiger partial charge < -0.3 is 9.88 Å². The maximum absolute atomic E-state index is 12.5. The van der Waals surface area contributed by atoms with Crippen molar-refractivity contribution in [3.63, 3.8) is 0 Å². The van der Waals surface area contributed by atoms with E-state index in [1.54, 1.807) is 0 Å². The maximum atomic E-state index is 12.5. The fourth-order valence-corrected chi connectivity index (χ4v) is 4.49. The molecule has 0 spiro atoms. The molecular weight excluding hydrogens is 358 g/mol. The quantitative estimate of drug-likeness (QED) is 0.670. The van der Waals surface area contributed by atoms with E-state index in [0.717, 1.165) is 52.5 Å². The van der Waals surface area contributed by atoms with Gasteiger partial charge in [0.1, 0.15) is 5.82 Å². The number of benzene rings is 1. The number of fused-ring (bicyclic) bond motifs is 1. The minimum absolute atomic E-state index is 0.0682. The van der Waals surface area contributed by atoms with Crippen LogP contribution in [0.15, 0.2) is 36.4 Å². The van der Waals surface area contributed by atoms with Crippen LogP contribution in [-0.2, 0) is 4.79 Å². The van der Waals surface area contributed by atoms with Gasteiger partial charge in [0.2, 0.25) is 5.91 Å². The van der Waals surface area contributed by atoms with Crippen LogP contribution >= 0.6 is 11.3 Å². The average Bonchev–Trinajstić information content (AvgIpc) is 3.32. The Hall–Kier alpha value is -2.47. The molecule has 3 heterocycles. The van der Waals surface area contributed by atoms with Gasteiger partial charge in [0.15, 0.2) is 5.78 Å². The Bertz CT molecular complexity index is 934. The van der Waals surface area contributed by atoms with Crippen LogP contribution in [0.2, 0.25) is 0 Å². The highest BCUT2D eigenvalue weighted by Crippen LogP contribution is 2.28. The zero-order valence-electron chi connectivity index (χ0n) is 15.4. The zero-order chi connectivity index (χ0) is 18.8. The number of ketones is 1. The second kappa shape index (κ2) is 7.64. The number of thiophene rings is 1. The standard InChI is InChI=1S/C21H23N3O2S/c1-14-6-8-19(27-14)18(25)7-9-20(26)24-12-10-15(11-13-24)21-22-16-4-2-3-5-17(16)23-21/h2-6,8,15H,7,9-13H2,1H3,(H,22,23). The van der Waals surface area contributed by atoms with Crippen molar-refractivity contribution in [2.24, 2.45) is 0 Å². The van der Waals surface area contributed by atoms with Crippen LogP contribution in [0.3, 0.4) is 0 Å². The van der Waals surface area contributed by atoms with Crippen molar-refractivity contribution in [3.8, 4) is 0 Å². The largest absolute Gasteiger partial charge is 0.343 e. The lowest BCUT2D eigenvalue weighted by atomic mass is 9.96. The van der Waals surface area contributed by atoms with Gasteiger partial charge in [-0.15, -0.1) is 11.3 Å². The van der Waals surface area contributed by atoms with Crippen molar-refractivity contribution >= 4 is 34.1 Å². The first kappa shape index (κ1) is 17.9. The number of Topliss-reactive ketones (excluding diaryl/α,β-unsaturated/α-hetero) is 1. The lowest BCUT2D eigenvalue weighted by molar-refractivity contribution is -0.132. The number of amides is 1. The van der Waals surface area contributed by atoms with E-state index in [9.17, 15) is 9.59 Å². The Kier molecular flexibility index (Phi) is 5.07. The summed E-state index contributed by atoms with van der Waals surface area (Å²) in [7, 11) is 0. The number of rotatable bonds is 5. The molecule has 27 heavy (non-hydrogen) atoms. The minimum Gasteiger partial charge on any atom is -0.343 e. The molecule has 0 radical (unpaired) electrons. The van der Waals surface area contributed by atoms with Crippen molar-refractivity contribution < 1.29 is 9.59 Å². The molecule has 0 saturated carbocycles. The van der Waals surface area contributed by atoms with Gasteiger partial charge in [-0.25, -0.2) is 4.98 Å². The van der Waals surface area contributed by atoms with Crippen molar-refractivity contribution in [3.05, 3.63) is 52.0 Å². The van der Waals surface area contributed by atoms with E-state index in [4.69, 9.17) is 4.98 Å². The Morgan fingerprint density at radius 2 is 1.93 bits per heavy atom. The fraction of sp³-hybridized carbons (Fsp3) is 0.381. The molecule has 0 unspecified atom stereocenters. The molecule has 1 aromatic carbocycles. The molecule has 0 atom stereocenters. The third kappa shape index (κ3) is 3.95. The second-order valence-electron chi connectivity index (χ2n) is 7.13. The predicted molar refractivity (Wildman–Crippen MR) is 107 cm³/mol. The van der Waals surface area contributed by atoms with E-state index >= 15 is 0 Å². The number of para-hydroxylation sites is 2. The molecule has 0 aliphatic carbocycles. The summed E-state index contributed by atoms with van der Waals surface area (Å²) in [4.78, 5) is 36.6. The summed E-state index contributed by atoms with van der Waals surface area (Å²) in [5.74, 6) is 1.53. The molecule has 1 amide bonds. The smallest absolute Gasteiger partial charge is 0.223 e. The van der Waals surface area contributed by atoms with E-state index in [1.165, 1.54) is 11.3 Å². The summed E-state index contributed by atoms with van der Waals surface area (Å²) in [5.41, 5.74) is 2.06. The van der Waals surface area contributed by atoms with Crippen molar-refractivity contribution in [2.75, 3.05) is 13.1 Å². The number of aromatic nitrogens is 2. The highest BCUT2D eigenvalue weighted by molar-refractivity contribution is 7.14. The number of nitrogens with zero attached hydrogens (tertiary/aromatic N) is 2. The fourth-order valence-electron chi connectivity index (χ4n) is 3.65. The van der Waals surface area contributed by atoms with Crippen LogP contribution in [0.1, 0.15) is 52.0 Å². The second-order valence-corrected chi connectivity index (χ2v) is 8.42. The van der Waals surface area contributed by atoms with Crippen molar-refractivity contribution in [1.29, 1.82) is 0 Å². The molecule has 1 saturated heterocycles. The number of carbonyl (C=O) groups excluding carboxylic acids is 2. The summed E-state index contributed by atoms with van der Waals surface area (Å²) in [6, 6.07) is 11.8. The van der Waals surface area contributed by atoms with E-state index in [-0.39, 0.29) is 11.7 Å². The molecule has 1 aliphatic heterocycles. The number of aryl methyl sites for hydroxylation is 1. The average molecular weight is 382 g/mol. The molecule has 6 heteroatoms. The van der Waals surface area contributed by atoms with Crippen LogP contribution in [0.25, 0.3) is 11.0 Å². The number of nitrogens with one attached hydrogen (secondary N) is 1. The maximum Gasteiger partial charge on any atom is 0.223 e. The molecule has 1 N–H and O–H groups in total. The molecule has 1 fully saturated rings. The normalized spacial score (nSPS) is 15.4. The highest BCUT2D eigenvalue weighted by Gasteiger charge is 2.26. The van der Waals surface area contributed by atoms with E-state index in [0.29, 0.717) is 18.8 Å². The number of likely N-dealkylation sites (tertiary alicyclic amines) is 1. The Morgan fingerprint density at radius 1 is 1.15 bits per heavy atom. The predicted octanol–water partition coefficient (Wildman–Crippen LogP) is 4.30. The minimum atomic E-state index is 0.0682. The Balaban J connectivity index is 1.29. The SMILES string of the molecule is Cc1ccc(C(=O)CCC(=O)N2CCC(c3nc4ccccc4[nH]3)CC2)s1. The molecule has 3 aromatic rings. The molecule has 4 rings (SSSR count). The van der Waals surface area contributed by atoms with Crippen LogP contribution in [0.4, 0.5) is 0 Å². The zero-order valence-corrected chi connectivity index (χ0v) is 16.2. The number of imidazole rings is 1. The van der Waals surface area contributed by atoms with Crippen molar-refractivity contribution in [1.82, 2.24) is 14.9 Å². The molecule has 140 valence electrons. The van der Waals surface area contributed by atoms with E-state index in [2.05, 4.69) is 4.98 Å². The third-order valence-corrected chi connectivity index (χ3v) is 6.26. The number of carbonyl (C=O) groups is 2. The first-order valence-electron chi connectivity index (χ1n) is 9.42. The lowest BCUT2D eigenvalue weighted by Crippen LogP contribution is -2.38. The van der Waals surface area contributed by atoms with Crippen LogP contribution in [0, 0.1) is 6.92 Å². The van der Waals surface area contributed by atoms with Gasteiger partial charge in [-0.3, -0.25) is 9.59 Å².